The second kappa shape index (κ2) is 7.17. The molecule has 0 saturated heterocycles. The molecule has 0 spiro atoms. The van der Waals surface area contributed by atoms with Crippen molar-refractivity contribution in [1.82, 2.24) is 13.9 Å². The standard InChI is InChI=1S/C13H26N4O3S/c1-10(20-4)7-5-6-8-16-13-12(9-15(3)21(16)19)14-11(2)17(13)18/h10-11,14,17H,5-9H2,1-4H3. The lowest BCUT2D eigenvalue weighted by atomic mass is 10.2. The van der Waals surface area contributed by atoms with Gasteiger partial charge in [-0.25, -0.2) is 0 Å². The van der Waals surface area contributed by atoms with E-state index in [9.17, 15) is 9.76 Å². The molecule has 2 aliphatic heterocycles. The Morgan fingerprint density at radius 2 is 2.24 bits per heavy atom. The lowest BCUT2D eigenvalue weighted by Crippen LogP contribution is -3.10. The molecule has 2 aliphatic rings. The van der Waals surface area contributed by atoms with Crippen molar-refractivity contribution in [2.45, 2.75) is 45.4 Å². The minimum absolute atomic E-state index is 0.0525. The smallest absolute Gasteiger partial charge is 0.268 e. The molecule has 4 atom stereocenters. The summed E-state index contributed by atoms with van der Waals surface area (Å²) in [4.78, 5) is 0. The SMILES string of the molecule is COC(C)CCCCN1C2=C(CN(C)[S+]1[O-])NC(C)[NH+]2[O-]. The van der Waals surface area contributed by atoms with Crippen molar-refractivity contribution < 1.29 is 14.4 Å². The summed E-state index contributed by atoms with van der Waals surface area (Å²) < 4.78 is 21.2. The molecule has 0 aromatic heterocycles. The minimum atomic E-state index is -1.27. The first-order valence-corrected chi connectivity index (χ1v) is 8.49. The van der Waals surface area contributed by atoms with E-state index in [1.54, 1.807) is 15.7 Å². The first-order chi connectivity index (χ1) is 9.95. The third kappa shape index (κ3) is 3.64. The molecule has 0 saturated carbocycles. The van der Waals surface area contributed by atoms with Gasteiger partial charge in [-0.05, 0) is 26.2 Å². The monoisotopic (exact) mass is 318 g/mol. The third-order valence-corrected chi connectivity index (χ3v) is 5.42. The number of ether oxygens (including phenoxy) is 1. The van der Waals surface area contributed by atoms with Crippen LogP contribution < -0.4 is 10.4 Å². The van der Waals surface area contributed by atoms with Crippen LogP contribution >= 0.6 is 0 Å². The Balaban J connectivity index is 1.97. The van der Waals surface area contributed by atoms with Crippen LogP contribution in [0.3, 0.4) is 0 Å². The third-order valence-electron chi connectivity index (χ3n) is 4.01. The maximum absolute atomic E-state index is 12.4. The van der Waals surface area contributed by atoms with Crippen LogP contribution in [-0.4, -0.2) is 52.7 Å². The van der Waals surface area contributed by atoms with Crippen LogP contribution in [0.15, 0.2) is 11.5 Å². The number of hydrogen-bond acceptors (Lipinski definition) is 6. The average Bonchev–Trinajstić information content (AvgIpc) is 2.73. The lowest BCUT2D eigenvalue weighted by Gasteiger charge is -2.35. The van der Waals surface area contributed by atoms with Gasteiger partial charge in [0.05, 0.1) is 19.2 Å². The quantitative estimate of drug-likeness (QED) is 0.391. The number of nitrogens with one attached hydrogen (secondary N) is 2. The number of quaternary nitrogens is 1. The summed E-state index contributed by atoms with van der Waals surface area (Å²) >= 11 is -1.27. The number of nitrogens with zero attached hydrogens (tertiary/aromatic N) is 2. The minimum Gasteiger partial charge on any atom is -0.626 e. The van der Waals surface area contributed by atoms with Gasteiger partial charge in [-0.1, -0.05) is 0 Å². The van der Waals surface area contributed by atoms with Crippen molar-refractivity contribution in [3.05, 3.63) is 16.7 Å². The van der Waals surface area contributed by atoms with Crippen LogP contribution in [0.4, 0.5) is 0 Å². The van der Waals surface area contributed by atoms with Gasteiger partial charge in [-0.2, -0.15) is 0 Å². The fourth-order valence-corrected chi connectivity index (χ4v) is 3.88. The molecule has 0 radical (unpaired) electrons. The molecule has 2 heterocycles. The summed E-state index contributed by atoms with van der Waals surface area (Å²) in [5.74, 6) is 0.624. The van der Waals surface area contributed by atoms with Gasteiger partial charge < -0.3 is 24.9 Å². The van der Waals surface area contributed by atoms with Crippen molar-refractivity contribution in [1.29, 1.82) is 0 Å². The van der Waals surface area contributed by atoms with Crippen LogP contribution in [0.25, 0.3) is 0 Å². The zero-order valence-electron chi connectivity index (χ0n) is 13.2. The molecule has 21 heavy (non-hydrogen) atoms. The molecule has 0 aromatic carbocycles. The fourth-order valence-electron chi connectivity index (χ4n) is 2.66. The highest BCUT2D eigenvalue weighted by Gasteiger charge is 2.45. The summed E-state index contributed by atoms with van der Waals surface area (Å²) in [5.41, 5.74) is 0.903. The van der Waals surface area contributed by atoms with Crippen LogP contribution in [0.2, 0.25) is 0 Å². The van der Waals surface area contributed by atoms with E-state index < -0.39 is 11.5 Å². The highest BCUT2D eigenvalue weighted by atomic mass is 32.2. The molecule has 7 nitrogen and oxygen atoms in total. The molecule has 0 amide bonds. The maximum Gasteiger partial charge on any atom is 0.268 e. The van der Waals surface area contributed by atoms with Crippen LogP contribution in [0.5, 0.6) is 0 Å². The lowest BCUT2D eigenvalue weighted by molar-refractivity contribution is -0.836. The summed E-state index contributed by atoms with van der Waals surface area (Å²) in [6.07, 6.45) is 2.89. The zero-order chi connectivity index (χ0) is 15.6. The number of likely N-dealkylation sites (N-methyl/N-ethyl adjacent to an activating group) is 1. The Morgan fingerprint density at radius 3 is 2.90 bits per heavy atom. The first-order valence-electron chi connectivity index (χ1n) is 7.43. The molecular weight excluding hydrogens is 292 g/mol. The summed E-state index contributed by atoms with van der Waals surface area (Å²) in [5, 5.41) is 15.5. The molecule has 0 bridgehead atoms. The number of unbranched alkanes of at least 4 members (excludes halogenated alkanes) is 1. The molecule has 0 fully saturated rings. The van der Waals surface area contributed by atoms with Gasteiger partial charge in [0.1, 0.15) is 5.70 Å². The predicted octanol–water partition coefficient (Wildman–Crippen LogP) is -0.481. The molecular formula is C13H26N4O3S. The average molecular weight is 318 g/mol. The van der Waals surface area contributed by atoms with E-state index in [1.165, 1.54) is 0 Å². The van der Waals surface area contributed by atoms with E-state index in [4.69, 9.17) is 4.74 Å². The molecule has 0 aromatic rings. The molecule has 8 heteroatoms. The van der Waals surface area contributed by atoms with Gasteiger partial charge >= 0.3 is 0 Å². The molecule has 2 rings (SSSR count). The number of hydroxylamine groups is 2. The van der Waals surface area contributed by atoms with E-state index in [2.05, 4.69) is 5.32 Å². The molecule has 122 valence electrons. The Morgan fingerprint density at radius 1 is 1.52 bits per heavy atom. The van der Waals surface area contributed by atoms with Crippen molar-refractivity contribution in [3.63, 3.8) is 0 Å². The van der Waals surface area contributed by atoms with Gasteiger partial charge in [0.25, 0.3) is 5.82 Å². The van der Waals surface area contributed by atoms with E-state index in [1.807, 2.05) is 20.9 Å². The van der Waals surface area contributed by atoms with Gasteiger partial charge in [-0.3, -0.25) is 0 Å². The van der Waals surface area contributed by atoms with Crippen molar-refractivity contribution in [2.24, 2.45) is 0 Å². The molecule has 4 unspecified atom stereocenters. The Kier molecular flexibility index (Phi) is 5.75. The van der Waals surface area contributed by atoms with Gasteiger partial charge in [0, 0.05) is 21.1 Å². The Hall–Kier alpha value is -0.510. The highest BCUT2D eigenvalue weighted by molar-refractivity contribution is 7.86. The van der Waals surface area contributed by atoms with Gasteiger partial charge in [0.2, 0.25) is 0 Å². The van der Waals surface area contributed by atoms with Crippen molar-refractivity contribution >= 4 is 11.5 Å². The van der Waals surface area contributed by atoms with Crippen LogP contribution in [0.1, 0.15) is 33.1 Å². The van der Waals surface area contributed by atoms with Crippen molar-refractivity contribution in [2.75, 3.05) is 27.2 Å². The maximum atomic E-state index is 12.4. The predicted molar refractivity (Wildman–Crippen MR) is 81.8 cm³/mol. The first kappa shape index (κ1) is 16.9. The summed E-state index contributed by atoms with van der Waals surface area (Å²) in [6, 6.07) is 0. The number of rotatable bonds is 6. The van der Waals surface area contributed by atoms with Crippen LogP contribution in [-0.2, 0) is 16.3 Å². The Labute approximate surface area is 129 Å². The highest BCUT2D eigenvalue weighted by Crippen LogP contribution is 2.23. The second-order valence-electron chi connectivity index (χ2n) is 5.72. The number of methoxy groups -OCH3 is 1. The van der Waals surface area contributed by atoms with Gasteiger partial charge in [0.15, 0.2) is 17.7 Å². The van der Waals surface area contributed by atoms with E-state index in [0.29, 0.717) is 18.9 Å². The summed E-state index contributed by atoms with van der Waals surface area (Å²) in [6.45, 7) is 5.06. The molecule has 0 aliphatic carbocycles. The Bertz CT molecular complexity index is 396. The van der Waals surface area contributed by atoms with Crippen LogP contribution in [0, 0.1) is 5.21 Å². The normalized spacial score (nSPS) is 31.3. The topological polar surface area (TPSA) is 78.3 Å². The fraction of sp³-hybridized carbons (Fsp3) is 0.846. The second-order valence-corrected chi connectivity index (χ2v) is 7.24. The van der Waals surface area contributed by atoms with Gasteiger partial charge in [-0.15, -0.1) is 8.61 Å². The van der Waals surface area contributed by atoms with E-state index in [-0.39, 0.29) is 17.3 Å². The largest absolute Gasteiger partial charge is 0.626 e. The van der Waals surface area contributed by atoms with E-state index >= 15 is 0 Å². The van der Waals surface area contributed by atoms with Crippen molar-refractivity contribution in [3.8, 4) is 0 Å². The molecule has 2 N–H and O–H groups in total. The zero-order valence-corrected chi connectivity index (χ0v) is 14.0. The number of hydrogen-bond donors (Lipinski definition) is 2. The summed E-state index contributed by atoms with van der Waals surface area (Å²) in [7, 11) is 3.52. The van der Waals surface area contributed by atoms with E-state index in [0.717, 1.165) is 25.0 Å².